The van der Waals surface area contributed by atoms with Gasteiger partial charge in [0.05, 0.1) is 13.7 Å². The molecule has 0 bridgehead atoms. The number of nitrogens with zero attached hydrogens (tertiary/aromatic N) is 2. The number of hydrogen-bond donors (Lipinski definition) is 1. The Hall–Kier alpha value is -1.22. The summed E-state index contributed by atoms with van der Waals surface area (Å²) in [6, 6.07) is 7.31. The molecule has 0 unspecified atom stereocenters. The molecule has 0 aromatic heterocycles. The molecular formula is C18H29ClIN3O3. The minimum absolute atomic E-state index is 0. The van der Waals surface area contributed by atoms with Gasteiger partial charge in [-0.2, -0.15) is 0 Å². The summed E-state index contributed by atoms with van der Waals surface area (Å²) in [6.07, 6.45) is 2.06. The number of halogens is 2. The molecule has 1 rings (SSSR count). The fourth-order valence-corrected chi connectivity index (χ4v) is 2.20. The van der Waals surface area contributed by atoms with E-state index in [0.29, 0.717) is 31.1 Å². The van der Waals surface area contributed by atoms with Crippen LogP contribution in [0.2, 0.25) is 5.02 Å². The first kappa shape index (κ1) is 24.8. The first-order valence-corrected chi connectivity index (χ1v) is 8.89. The summed E-state index contributed by atoms with van der Waals surface area (Å²) in [6.45, 7) is 4.75. The number of guanidine groups is 1. The van der Waals surface area contributed by atoms with E-state index in [1.165, 1.54) is 7.11 Å². The predicted octanol–water partition coefficient (Wildman–Crippen LogP) is 3.58. The number of carbonyl (C=O) groups is 1. The smallest absolute Gasteiger partial charge is 0.305 e. The molecule has 0 fully saturated rings. The summed E-state index contributed by atoms with van der Waals surface area (Å²) < 4.78 is 10.3. The third kappa shape index (κ3) is 10.7. The maximum absolute atomic E-state index is 11.1. The molecular weight excluding hydrogens is 469 g/mol. The van der Waals surface area contributed by atoms with E-state index in [9.17, 15) is 4.79 Å². The van der Waals surface area contributed by atoms with Crippen molar-refractivity contribution in [3.05, 3.63) is 29.3 Å². The lowest BCUT2D eigenvalue weighted by atomic mass is 10.2. The first-order chi connectivity index (χ1) is 12.1. The molecule has 0 aliphatic heterocycles. The number of hydrogen-bond acceptors (Lipinski definition) is 4. The van der Waals surface area contributed by atoms with Crippen LogP contribution in [0.15, 0.2) is 29.3 Å². The van der Waals surface area contributed by atoms with Gasteiger partial charge in [0.25, 0.3) is 0 Å². The number of methoxy groups -OCH3 is 1. The fourth-order valence-electron chi connectivity index (χ4n) is 2.07. The Labute approximate surface area is 178 Å². The number of rotatable bonds is 10. The third-order valence-electron chi connectivity index (χ3n) is 3.48. The Bertz CT molecular complexity index is 541. The number of carbonyl (C=O) groups excluding carboxylic acids is 1. The van der Waals surface area contributed by atoms with E-state index < -0.39 is 0 Å². The van der Waals surface area contributed by atoms with Crippen molar-refractivity contribution in [1.82, 2.24) is 10.2 Å². The van der Waals surface area contributed by atoms with E-state index in [2.05, 4.69) is 15.0 Å². The summed E-state index contributed by atoms with van der Waals surface area (Å²) in [4.78, 5) is 17.7. The van der Waals surface area contributed by atoms with Gasteiger partial charge < -0.3 is 19.7 Å². The number of likely N-dealkylation sites (N-methyl/N-ethyl adjacent to an activating group) is 1. The van der Waals surface area contributed by atoms with Gasteiger partial charge in [-0.05, 0) is 44.0 Å². The second kappa shape index (κ2) is 14.9. The van der Waals surface area contributed by atoms with Gasteiger partial charge in [-0.1, -0.05) is 11.6 Å². The average Bonchev–Trinajstić information content (AvgIpc) is 2.61. The van der Waals surface area contributed by atoms with Gasteiger partial charge >= 0.3 is 5.97 Å². The van der Waals surface area contributed by atoms with Crippen LogP contribution in [-0.4, -0.2) is 57.2 Å². The molecule has 1 aromatic carbocycles. The number of esters is 1. The van der Waals surface area contributed by atoms with E-state index in [1.807, 2.05) is 31.0 Å². The topological polar surface area (TPSA) is 63.2 Å². The van der Waals surface area contributed by atoms with Crippen LogP contribution in [0.3, 0.4) is 0 Å². The molecule has 26 heavy (non-hydrogen) atoms. The summed E-state index contributed by atoms with van der Waals surface area (Å²) in [5, 5.41) is 3.95. The van der Waals surface area contributed by atoms with Crippen LogP contribution >= 0.6 is 35.6 Å². The first-order valence-electron chi connectivity index (χ1n) is 8.51. The van der Waals surface area contributed by atoms with Crippen LogP contribution in [0, 0.1) is 0 Å². The maximum atomic E-state index is 11.1. The lowest BCUT2D eigenvalue weighted by Gasteiger charge is -2.22. The molecule has 1 aromatic rings. The highest BCUT2D eigenvalue weighted by atomic mass is 127. The molecule has 0 amide bonds. The Morgan fingerprint density at radius 1 is 1.27 bits per heavy atom. The van der Waals surface area contributed by atoms with Gasteiger partial charge in [-0.25, -0.2) is 0 Å². The summed E-state index contributed by atoms with van der Waals surface area (Å²) in [5.41, 5.74) is 0. The van der Waals surface area contributed by atoms with Crippen LogP contribution in [0.25, 0.3) is 0 Å². The van der Waals surface area contributed by atoms with Crippen LogP contribution in [-0.2, 0) is 9.53 Å². The molecule has 6 nitrogen and oxygen atoms in total. The van der Waals surface area contributed by atoms with Gasteiger partial charge in [-0.3, -0.25) is 9.79 Å². The van der Waals surface area contributed by atoms with E-state index in [1.54, 1.807) is 12.1 Å². The van der Waals surface area contributed by atoms with Crippen LogP contribution < -0.4 is 10.1 Å². The molecule has 0 aliphatic carbocycles. The molecule has 0 saturated heterocycles. The minimum Gasteiger partial charge on any atom is -0.492 e. The summed E-state index contributed by atoms with van der Waals surface area (Å²) in [7, 11) is 3.38. The number of unbranched alkanes of at least 4 members (excludes halogenated alkanes) is 1. The highest BCUT2D eigenvalue weighted by Gasteiger charge is 2.06. The zero-order valence-electron chi connectivity index (χ0n) is 15.7. The number of nitrogens with one attached hydrogen (secondary N) is 1. The number of aliphatic imine (C=N–C) groups is 1. The lowest BCUT2D eigenvalue weighted by Crippen LogP contribution is -2.41. The Balaban J connectivity index is 0.00000625. The predicted molar refractivity (Wildman–Crippen MR) is 117 cm³/mol. The van der Waals surface area contributed by atoms with Gasteiger partial charge in [0, 0.05) is 31.6 Å². The molecule has 8 heteroatoms. The van der Waals surface area contributed by atoms with Crippen LogP contribution in [0.1, 0.15) is 26.2 Å². The molecule has 0 heterocycles. The second-order valence-corrected chi connectivity index (χ2v) is 5.93. The SMILES string of the molecule is CCNC(=NCCCCC(=O)OC)N(C)CCOc1ccc(Cl)cc1.I. The van der Waals surface area contributed by atoms with Gasteiger partial charge in [0.15, 0.2) is 5.96 Å². The standard InChI is InChI=1S/C18H28ClN3O3.HI/c1-4-20-18(21-12-6-5-7-17(23)24-3)22(2)13-14-25-16-10-8-15(19)9-11-16;/h8-11H,4-7,12-14H2,1-3H3,(H,20,21);1H. The van der Waals surface area contributed by atoms with E-state index >= 15 is 0 Å². The van der Waals surface area contributed by atoms with Crippen molar-refractivity contribution < 1.29 is 14.3 Å². The number of ether oxygens (including phenoxy) is 2. The lowest BCUT2D eigenvalue weighted by molar-refractivity contribution is -0.140. The van der Waals surface area contributed by atoms with Crippen molar-refractivity contribution in [2.45, 2.75) is 26.2 Å². The normalized spacial score (nSPS) is 10.7. The van der Waals surface area contributed by atoms with E-state index in [-0.39, 0.29) is 29.9 Å². The number of benzene rings is 1. The van der Waals surface area contributed by atoms with E-state index in [0.717, 1.165) is 31.1 Å². The maximum Gasteiger partial charge on any atom is 0.305 e. The molecule has 148 valence electrons. The second-order valence-electron chi connectivity index (χ2n) is 5.49. The zero-order chi connectivity index (χ0) is 18.5. The highest BCUT2D eigenvalue weighted by molar-refractivity contribution is 14.0. The zero-order valence-corrected chi connectivity index (χ0v) is 18.8. The molecule has 0 saturated carbocycles. The van der Waals surface area contributed by atoms with Crippen LogP contribution in [0.4, 0.5) is 0 Å². The fraction of sp³-hybridized carbons (Fsp3) is 0.556. The quantitative estimate of drug-likeness (QED) is 0.176. The molecule has 0 aliphatic rings. The van der Waals surface area contributed by atoms with Gasteiger partial charge in [-0.15, -0.1) is 24.0 Å². The highest BCUT2D eigenvalue weighted by Crippen LogP contribution is 2.15. The molecule has 1 N–H and O–H groups in total. The van der Waals surface area contributed by atoms with Crippen molar-refractivity contribution in [2.75, 3.05) is 40.4 Å². The van der Waals surface area contributed by atoms with Gasteiger partial charge in [0.1, 0.15) is 12.4 Å². The summed E-state index contributed by atoms with van der Waals surface area (Å²) >= 11 is 5.86. The Morgan fingerprint density at radius 2 is 1.96 bits per heavy atom. The monoisotopic (exact) mass is 497 g/mol. The van der Waals surface area contributed by atoms with Gasteiger partial charge in [0.2, 0.25) is 0 Å². The summed E-state index contributed by atoms with van der Waals surface area (Å²) in [5.74, 6) is 1.45. The van der Waals surface area contributed by atoms with Crippen LogP contribution in [0.5, 0.6) is 5.75 Å². The largest absolute Gasteiger partial charge is 0.492 e. The Morgan fingerprint density at radius 3 is 2.58 bits per heavy atom. The average molecular weight is 498 g/mol. The van der Waals surface area contributed by atoms with Crippen molar-refractivity contribution >= 4 is 47.5 Å². The Kier molecular flexibility index (Phi) is 14.2. The van der Waals surface area contributed by atoms with Crippen molar-refractivity contribution in [3.63, 3.8) is 0 Å². The molecule has 0 radical (unpaired) electrons. The molecule has 0 atom stereocenters. The van der Waals surface area contributed by atoms with Crippen molar-refractivity contribution in [1.29, 1.82) is 0 Å². The third-order valence-corrected chi connectivity index (χ3v) is 3.74. The van der Waals surface area contributed by atoms with Crippen molar-refractivity contribution in [3.8, 4) is 5.75 Å². The minimum atomic E-state index is -0.174. The van der Waals surface area contributed by atoms with Crippen molar-refractivity contribution in [2.24, 2.45) is 4.99 Å². The molecule has 0 spiro atoms. The van der Waals surface area contributed by atoms with E-state index in [4.69, 9.17) is 16.3 Å².